The van der Waals surface area contributed by atoms with Crippen LogP contribution in [0.2, 0.25) is 0 Å². The van der Waals surface area contributed by atoms with Crippen molar-refractivity contribution in [3.63, 3.8) is 0 Å². The molecule has 4 fully saturated rings. The monoisotopic (exact) mass is 554 g/mol. The van der Waals surface area contributed by atoms with Gasteiger partial charge >= 0.3 is 6.18 Å². The molecule has 1 N–H and O–H groups in total. The largest absolute Gasteiger partial charge is 0.493 e. The summed E-state index contributed by atoms with van der Waals surface area (Å²) in [5.74, 6) is -6.72. The van der Waals surface area contributed by atoms with Crippen LogP contribution in [0.25, 0.3) is 0 Å². The highest BCUT2D eigenvalue weighted by Crippen LogP contribution is 2.55. The van der Waals surface area contributed by atoms with Crippen molar-refractivity contribution in [1.29, 1.82) is 0 Å². The number of alkyl halides is 3. The summed E-state index contributed by atoms with van der Waals surface area (Å²) in [6.07, 6.45) is -4.49. The third-order valence-corrected chi connectivity index (χ3v) is 8.37. The molecule has 6 rings (SSSR count). The molecule has 4 aliphatic rings. The molecular formula is C26H27F5N4O4. The van der Waals surface area contributed by atoms with Gasteiger partial charge in [0.05, 0.1) is 13.2 Å². The van der Waals surface area contributed by atoms with E-state index in [2.05, 4.69) is 10.3 Å². The molecule has 2 amide bonds. The molecule has 5 heterocycles. The molecule has 210 valence electrons. The number of nitrogens with one attached hydrogen (secondary N) is 1. The molecule has 8 nitrogen and oxygen atoms in total. The van der Waals surface area contributed by atoms with E-state index in [1.807, 2.05) is 11.9 Å². The summed E-state index contributed by atoms with van der Waals surface area (Å²) in [6.45, 7) is 2.47. The summed E-state index contributed by atoms with van der Waals surface area (Å²) in [5, 5.41) is 2.55. The normalized spacial score (nSPS) is 30.7. The molecule has 6 atom stereocenters. The summed E-state index contributed by atoms with van der Waals surface area (Å²) in [7, 11) is 2.93. The number of ether oxygens (including phenoxy) is 2. The number of halogens is 5. The number of anilines is 2. The number of hydrogen-bond donors (Lipinski definition) is 1. The van der Waals surface area contributed by atoms with Gasteiger partial charge in [-0.2, -0.15) is 17.6 Å². The second-order valence-electron chi connectivity index (χ2n) is 10.4. The van der Waals surface area contributed by atoms with Crippen LogP contribution < -0.4 is 15.0 Å². The fraction of sp³-hybridized carbons (Fsp3) is 0.500. The van der Waals surface area contributed by atoms with Crippen LogP contribution in [0.3, 0.4) is 0 Å². The van der Waals surface area contributed by atoms with Crippen LogP contribution in [-0.2, 0) is 14.3 Å². The maximum atomic E-state index is 14.5. The molecule has 2 bridgehead atoms. The number of carbonyl (C=O) groups excluding carboxylic acids is 2. The van der Waals surface area contributed by atoms with Gasteiger partial charge in [-0.05, 0) is 32.5 Å². The Bertz CT molecular complexity index is 1320. The second kappa shape index (κ2) is 9.40. The minimum absolute atomic E-state index is 0.129. The minimum Gasteiger partial charge on any atom is -0.493 e. The second-order valence-corrected chi connectivity index (χ2v) is 10.4. The number of benzene rings is 1. The molecule has 0 aliphatic carbocycles. The smallest absolute Gasteiger partial charge is 0.417 e. The number of rotatable bonds is 5. The fourth-order valence-electron chi connectivity index (χ4n) is 5.77. The van der Waals surface area contributed by atoms with Crippen LogP contribution in [0.5, 0.6) is 5.75 Å². The number of amides is 2. The average molecular weight is 555 g/mol. The number of methoxy groups -OCH3 is 1. The van der Waals surface area contributed by atoms with Crippen molar-refractivity contribution in [2.75, 3.05) is 30.9 Å². The van der Waals surface area contributed by atoms with Gasteiger partial charge in [0.1, 0.15) is 11.9 Å². The van der Waals surface area contributed by atoms with E-state index in [1.54, 1.807) is 0 Å². The lowest BCUT2D eigenvalue weighted by Crippen LogP contribution is -2.70. The third kappa shape index (κ3) is 4.22. The molecule has 39 heavy (non-hydrogen) atoms. The zero-order valence-corrected chi connectivity index (χ0v) is 21.6. The minimum atomic E-state index is -4.88. The van der Waals surface area contributed by atoms with Gasteiger partial charge in [-0.1, -0.05) is 13.0 Å². The maximum absolute atomic E-state index is 14.5. The van der Waals surface area contributed by atoms with Crippen molar-refractivity contribution in [2.24, 2.45) is 5.92 Å². The Hall–Kier alpha value is -3.32. The quantitative estimate of drug-likeness (QED) is 0.566. The first-order valence-electron chi connectivity index (χ1n) is 12.3. The van der Waals surface area contributed by atoms with Gasteiger partial charge in [0.2, 0.25) is 11.7 Å². The highest BCUT2D eigenvalue weighted by molar-refractivity contribution is 6.00. The lowest BCUT2D eigenvalue weighted by Gasteiger charge is -2.53. The lowest BCUT2D eigenvalue weighted by atomic mass is 9.77. The fourth-order valence-corrected chi connectivity index (χ4v) is 5.77. The number of aromatic nitrogens is 1. The van der Waals surface area contributed by atoms with E-state index in [0.29, 0.717) is 12.4 Å². The molecule has 1 aromatic heterocycles. The summed E-state index contributed by atoms with van der Waals surface area (Å²) in [4.78, 5) is 34.0. The molecule has 2 aromatic rings. The van der Waals surface area contributed by atoms with Crippen molar-refractivity contribution in [1.82, 2.24) is 9.88 Å². The molecule has 0 spiro atoms. The van der Waals surface area contributed by atoms with Gasteiger partial charge in [0, 0.05) is 47.9 Å². The van der Waals surface area contributed by atoms with Crippen molar-refractivity contribution in [3.05, 3.63) is 47.7 Å². The predicted molar refractivity (Wildman–Crippen MR) is 129 cm³/mol. The van der Waals surface area contributed by atoms with E-state index in [4.69, 9.17) is 9.47 Å². The topological polar surface area (TPSA) is 84.0 Å². The zero-order chi connectivity index (χ0) is 28.4. The van der Waals surface area contributed by atoms with Gasteiger partial charge in [-0.3, -0.25) is 19.4 Å². The molecule has 0 radical (unpaired) electrons. The number of carbonyl (C=O) groups is 2. The molecule has 13 heteroatoms. The van der Waals surface area contributed by atoms with Crippen LogP contribution in [0.15, 0.2) is 30.5 Å². The number of fused-ring (bicyclic) bond motifs is 2. The Balaban J connectivity index is 1.46. The summed E-state index contributed by atoms with van der Waals surface area (Å²) in [5.41, 5.74) is -2.72. The summed E-state index contributed by atoms with van der Waals surface area (Å²) >= 11 is 0. The van der Waals surface area contributed by atoms with Crippen LogP contribution in [0, 0.1) is 17.6 Å². The van der Waals surface area contributed by atoms with E-state index < -0.39 is 53.0 Å². The van der Waals surface area contributed by atoms with Gasteiger partial charge in [-0.15, -0.1) is 0 Å². The van der Waals surface area contributed by atoms with Crippen molar-refractivity contribution in [2.45, 2.75) is 56.2 Å². The Morgan fingerprint density at radius 1 is 1.26 bits per heavy atom. The van der Waals surface area contributed by atoms with Crippen LogP contribution in [0.4, 0.5) is 33.5 Å². The first-order chi connectivity index (χ1) is 18.3. The van der Waals surface area contributed by atoms with Crippen molar-refractivity contribution >= 4 is 23.3 Å². The highest BCUT2D eigenvalue weighted by Gasteiger charge is 2.66. The van der Waals surface area contributed by atoms with E-state index in [0.717, 1.165) is 32.6 Å². The Labute approximate surface area is 221 Å². The number of hydrogen-bond acceptors (Lipinski definition) is 6. The van der Waals surface area contributed by atoms with E-state index >= 15 is 0 Å². The molecule has 4 aliphatic heterocycles. The highest BCUT2D eigenvalue weighted by atomic mass is 19.4. The Morgan fingerprint density at radius 2 is 1.97 bits per heavy atom. The van der Waals surface area contributed by atoms with Crippen molar-refractivity contribution in [3.8, 4) is 5.75 Å². The first-order valence-corrected chi connectivity index (χ1v) is 12.3. The third-order valence-electron chi connectivity index (χ3n) is 8.37. The zero-order valence-electron chi connectivity index (χ0n) is 21.6. The molecular weight excluding hydrogens is 527 g/mol. The van der Waals surface area contributed by atoms with Crippen LogP contribution in [-0.4, -0.2) is 72.4 Å². The molecule has 1 aromatic carbocycles. The first kappa shape index (κ1) is 27.3. The number of piperidine rings is 1. The van der Waals surface area contributed by atoms with E-state index in [9.17, 15) is 31.5 Å². The van der Waals surface area contributed by atoms with Gasteiger partial charge in [0.15, 0.2) is 17.2 Å². The van der Waals surface area contributed by atoms with Gasteiger partial charge in [-0.25, -0.2) is 9.37 Å². The van der Waals surface area contributed by atoms with E-state index in [1.165, 1.54) is 30.2 Å². The Kier molecular flexibility index (Phi) is 6.57. The molecule has 0 saturated carbocycles. The molecule has 4 saturated heterocycles. The SMILES string of the molecule is COc1c([C@H]2[C@H](C(=O)Nc3ccnc(N4C[C@@H]5C[C@H](C4=O)N5C)c3)O[C@@](C)(C(F)(F)F)[C@H]2C)ccc(F)c1F. The van der Waals surface area contributed by atoms with Crippen molar-refractivity contribution < 1.29 is 41.0 Å². The summed E-state index contributed by atoms with van der Waals surface area (Å²) < 4.78 is 81.3. The van der Waals surface area contributed by atoms with E-state index in [-0.39, 0.29) is 29.2 Å². The lowest BCUT2D eigenvalue weighted by molar-refractivity contribution is -0.272. The average Bonchev–Trinajstić information content (AvgIpc) is 3.16. The number of likely N-dealkylation sites (N-methyl/N-ethyl adjacent to an activating group) is 1. The maximum Gasteiger partial charge on any atom is 0.417 e. The molecule has 0 unspecified atom stereocenters. The summed E-state index contributed by atoms with van der Waals surface area (Å²) in [6, 6.07) is 4.69. The van der Waals surface area contributed by atoms with Gasteiger partial charge in [0.25, 0.3) is 5.91 Å². The Morgan fingerprint density at radius 3 is 2.59 bits per heavy atom. The number of nitrogens with zero attached hydrogens (tertiary/aromatic N) is 3. The predicted octanol–water partition coefficient (Wildman–Crippen LogP) is 3.87. The number of piperazine rings is 1. The van der Waals surface area contributed by atoms with Crippen LogP contribution in [0.1, 0.15) is 31.7 Å². The van der Waals surface area contributed by atoms with Gasteiger partial charge < -0.3 is 14.8 Å². The van der Waals surface area contributed by atoms with Crippen LogP contribution >= 0.6 is 0 Å². The standard InChI is InChI=1S/C26H27F5N4O4/c1-12-19(15-5-6-16(27)20(28)21(15)38-4)22(39-25(12,2)26(29,30)31)23(36)33-13-7-8-32-18(9-13)35-11-14-10-17(24(35)37)34(14)3/h5-9,12,14,17,19,22H,10-11H2,1-4H3,(H,32,33,36)/t12-,14-,17+,19-,22+,25+/m0/s1. The number of pyridine rings is 1.